The van der Waals surface area contributed by atoms with Gasteiger partial charge in [-0.3, -0.25) is 4.99 Å². The fourth-order valence-corrected chi connectivity index (χ4v) is 3.90. The van der Waals surface area contributed by atoms with Crippen molar-refractivity contribution in [2.75, 3.05) is 17.2 Å². The van der Waals surface area contributed by atoms with Crippen molar-refractivity contribution < 1.29 is 18.3 Å². The molecule has 214 valence electrons. The molecule has 0 aliphatic heterocycles. The molecule has 0 unspecified atom stereocenters. The summed E-state index contributed by atoms with van der Waals surface area (Å²) in [5.41, 5.74) is 0.936. The quantitative estimate of drug-likeness (QED) is 0.248. The van der Waals surface area contributed by atoms with E-state index in [9.17, 15) is 9.18 Å². The van der Waals surface area contributed by atoms with Crippen LogP contribution in [0.15, 0.2) is 48.0 Å². The van der Waals surface area contributed by atoms with Crippen molar-refractivity contribution >= 4 is 35.0 Å². The Balaban J connectivity index is 0.00000124. The highest BCUT2D eigenvalue weighted by Gasteiger charge is 2.20. The van der Waals surface area contributed by atoms with Crippen molar-refractivity contribution in [1.82, 2.24) is 5.32 Å². The molecular weight excluding hydrogens is 498 g/mol. The van der Waals surface area contributed by atoms with Gasteiger partial charge in [0.1, 0.15) is 17.2 Å². The zero-order chi connectivity index (χ0) is 28.8. The third-order valence-corrected chi connectivity index (χ3v) is 6.16. The summed E-state index contributed by atoms with van der Waals surface area (Å²) in [6, 6.07) is 9.59. The van der Waals surface area contributed by atoms with E-state index < -0.39 is 17.5 Å². The zero-order valence-corrected chi connectivity index (χ0v) is 24.0. The number of carbonyl (C=O) groups is 1. The number of rotatable bonds is 11. The van der Waals surface area contributed by atoms with Gasteiger partial charge in [-0.1, -0.05) is 33.3 Å². The van der Waals surface area contributed by atoms with Crippen molar-refractivity contribution in [2.24, 2.45) is 4.99 Å². The molecule has 2 aromatic rings. The van der Waals surface area contributed by atoms with E-state index in [0.29, 0.717) is 28.5 Å². The molecule has 39 heavy (non-hydrogen) atoms. The van der Waals surface area contributed by atoms with Gasteiger partial charge < -0.3 is 20.7 Å². The first-order chi connectivity index (χ1) is 18.6. The second kappa shape index (κ2) is 15.9. The van der Waals surface area contributed by atoms with Crippen LogP contribution in [-0.4, -0.2) is 30.6 Å². The largest absolute Gasteiger partial charge is 0.490 e. The molecule has 0 spiro atoms. The lowest BCUT2D eigenvalue weighted by molar-refractivity contribution is 0.200. The van der Waals surface area contributed by atoms with Gasteiger partial charge in [0.2, 0.25) is 0 Å². The van der Waals surface area contributed by atoms with E-state index in [-0.39, 0.29) is 24.6 Å². The van der Waals surface area contributed by atoms with Crippen molar-refractivity contribution in [1.29, 1.82) is 0 Å². The maximum atomic E-state index is 15.1. The van der Waals surface area contributed by atoms with Gasteiger partial charge in [0.25, 0.3) is 0 Å². The van der Waals surface area contributed by atoms with Gasteiger partial charge in [-0.05, 0) is 77.1 Å². The van der Waals surface area contributed by atoms with Gasteiger partial charge in [0.15, 0.2) is 0 Å². The Morgan fingerprint density at radius 2 is 1.69 bits per heavy atom. The van der Waals surface area contributed by atoms with Crippen molar-refractivity contribution in [3.63, 3.8) is 0 Å². The monoisotopic (exact) mass is 542 g/mol. The lowest BCUT2D eigenvalue weighted by Crippen LogP contribution is -2.32. The van der Waals surface area contributed by atoms with Gasteiger partial charge in [-0.15, -0.1) is 0 Å². The van der Waals surface area contributed by atoms with Gasteiger partial charge in [0, 0.05) is 42.0 Å². The standard InChI is InChI=1S/C27H34F2N4O2.C4H10/c1-5-30-24-17-22(35-21-8-6-7-9-21)16-23(28)25(24)18(2)32-19-10-12-20(13-11-19)33-26(34)31-15-14-27(3,4)29;1-3-4-2/h5,10-13,16-17,21,32H,2,6-9,14-15H2,1,3-4H3,(H2,31,33,34);3-4H2,1-2H3. The maximum Gasteiger partial charge on any atom is 0.319 e. The molecular formula is C31H44F2N4O2. The number of aliphatic imine (C=N–C) groups is 1. The van der Waals surface area contributed by atoms with E-state index in [0.717, 1.165) is 25.7 Å². The lowest BCUT2D eigenvalue weighted by Gasteiger charge is -2.17. The second-order valence-corrected chi connectivity index (χ2v) is 10.2. The Hall–Kier alpha value is -3.42. The summed E-state index contributed by atoms with van der Waals surface area (Å²) in [5.74, 6) is 0.000318. The van der Waals surface area contributed by atoms with Crippen LogP contribution in [0.25, 0.3) is 5.70 Å². The third-order valence-electron chi connectivity index (χ3n) is 6.16. The second-order valence-electron chi connectivity index (χ2n) is 10.2. The molecule has 6 nitrogen and oxygen atoms in total. The Morgan fingerprint density at radius 3 is 2.23 bits per heavy atom. The molecule has 2 aromatic carbocycles. The van der Waals surface area contributed by atoms with Crippen molar-refractivity contribution in [3.8, 4) is 5.75 Å². The number of unbranched alkanes of at least 4 members (excludes halogenated alkanes) is 1. The number of amides is 2. The summed E-state index contributed by atoms with van der Waals surface area (Å²) < 4.78 is 34.6. The molecule has 2 amide bonds. The van der Waals surface area contributed by atoms with E-state index in [1.807, 2.05) is 0 Å². The first-order valence-electron chi connectivity index (χ1n) is 13.8. The number of benzene rings is 2. The van der Waals surface area contributed by atoms with Gasteiger partial charge in [-0.25, -0.2) is 13.6 Å². The Kier molecular flexibility index (Phi) is 12.9. The Bertz CT molecular complexity index is 1090. The van der Waals surface area contributed by atoms with E-state index in [1.54, 1.807) is 43.5 Å². The number of ether oxygens (including phenoxy) is 1. The minimum Gasteiger partial charge on any atom is -0.490 e. The van der Waals surface area contributed by atoms with Crippen LogP contribution in [0.2, 0.25) is 0 Å². The number of carbonyl (C=O) groups excluding carboxylic acids is 1. The summed E-state index contributed by atoms with van der Waals surface area (Å²) in [4.78, 5) is 16.3. The zero-order valence-electron chi connectivity index (χ0n) is 24.0. The number of anilines is 2. The Labute approximate surface area is 232 Å². The molecule has 3 rings (SSSR count). The Morgan fingerprint density at radius 1 is 1.10 bits per heavy atom. The SMILES string of the molecule is C=C(Nc1ccc(NC(=O)NCCC(C)(C)F)cc1)c1c(F)cc(OC2CCCC2)cc1N=CC.CCCC. The molecule has 1 aliphatic carbocycles. The van der Waals surface area contributed by atoms with Crippen LogP contribution in [0, 0.1) is 5.82 Å². The molecule has 0 heterocycles. The highest BCUT2D eigenvalue weighted by molar-refractivity contribution is 5.90. The van der Waals surface area contributed by atoms with Gasteiger partial charge >= 0.3 is 6.03 Å². The smallest absolute Gasteiger partial charge is 0.319 e. The predicted molar refractivity (Wildman–Crippen MR) is 160 cm³/mol. The molecule has 0 saturated heterocycles. The number of hydrogen-bond donors (Lipinski definition) is 3. The predicted octanol–water partition coefficient (Wildman–Crippen LogP) is 9.02. The van der Waals surface area contributed by atoms with Crippen LogP contribution < -0.4 is 20.7 Å². The number of nitrogens with zero attached hydrogens (tertiary/aromatic N) is 1. The molecule has 3 N–H and O–H groups in total. The summed E-state index contributed by atoms with van der Waals surface area (Å²) in [6.07, 6.45) is 8.79. The number of hydrogen-bond acceptors (Lipinski definition) is 4. The molecule has 0 atom stereocenters. The van der Waals surface area contributed by atoms with Crippen LogP contribution in [-0.2, 0) is 0 Å². The molecule has 1 aliphatic rings. The first-order valence-corrected chi connectivity index (χ1v) is 13.8. The summed E-state index contributed by atoms with van der Waals surface area (Å²) >= 11 is 0. The normalized spacial score (nSPS) is 13.5. The molecule has 0 radical (unpaired) electrons. The van der Waals surface area contributed by atoms with E-state index in [1.165, 1.54) is 32.8 Å². The minimum atomic E-state index is -1.34. The van der Waals surface area contributed by atoms with Crippen LogP contribution in [0.1, 0.15) is 85.1 Å². The van der Waals surface area contributed by atoms with Crippen LogP contribution in [0.4, 0.5) is 30.6 Å². The number of urea groups is 1. The highest BCUT2D eigenvalue weighted by Crippen LogP contribution is 2.35. The van der Waals surface area contributed by atoms with Crippen LogP contribution in [0.3, 0.4) is 0 Å². The topological polar surface area (TPSA) is 74.8 Å². The average molecular weight is 543 g/mol. The summed E-state index contributed by atoms with van der Waals surface area (Å²) in [6.45, 7) is 13.3. The lowest BCUT2D eigenvalue weighted by atomic mass is 10.1. The highest BCUT2D eigenvalue weighted by atomic mass is 19.1. The minimum absolute atomic E-state index is 0.116. The summed E-state index contributed by atoms with van der Waals surface area (Å²) in [5, 5.41) is 8.42. The van der Waals surface area contributed by atoms with Crippen molar-refractivity contribution in [2.45, 2.75) is 91.3 Å². The van der Waals surface area contributed by atoms with E-state index in [4.69, 9.17) is 4.74 Å². The number of alkyl halides is 1. The van der Waals surface area contributed by atoms with Crippen LogP contribution >= 0.6 is 0 Å². The van der Waals surface area contributed by atoms with Gasteiger partial charge in [-0.2, -0.15) is 0 Å². The molecule has 0 bridgehead atoms. The van der Waals surface area contributed by atoms with Gasteiger partial charge in [0.05, 0.1) is 17.4 Å². The molecule has 8 heteroatoms. The van der Waals surface area contributed by atoms with Crippen LogP contribution in [0.5, 0.6) is 5.75 Å². The van der Waals surface area contributed by atoms with Crippen molar-refractivity contribution in [3.05, 3.63) is 54.4 Å². The average Bonchev–Trinajstić information content (AvgIpc) is 3.37. The maximum absolute atomic E-state index is 15.1. The van der Waals surface area contributed by atoms with E-state index >= 15 is 4.39 Å². The number of halogens is 2. The fourth-order valence-electron chi connectivity index (χ4n) is 3.90. The molecule has 0 aromatic heterocycles. The molecule has 1 saturated carbocycles. The fraction of sp³-hybridized carbons (Fsp3) is 0.484. The van der Waals surface area contributed by atoms with E-state index in [2.05, 4.69) is 41.4 Å². The number of nitrogens with one attached hydrogen (secondary N) is 3. The molecule has 1 fully saturated rings. The summed E-state index contributed by atoms with van der Waals surface area (Å²) in [7, 11) is 0. The third kappa shape index (κ3) is 11.5. The first kappa shape index (κ1) is 31.8.